The predicted molar refractivity (Wildman–Crippen MR) is 101 cm³/mol. The first-order valence-corrected chi connectivity index (χ1v) is 10.3. The standard InChI is InChI=1S/C14H18N2O7S2.2Na/c1-2-3-4-5-10-8-14(17)16(15-10)12-7-6-11(24(18,19)20)9-13(12)25(21,22)23;;/h6-9,15H,2-5H2,1H3,(H,18,19,20)(H,21,22,23);;. The Morgan fingerprint density at radius 1 is 1.00 bits per heavy atom. The molecule has 9 nitrogen and oxygen atoms in total. The molecule has 0 aliphatic carbocycles. The summed E-state index contributed by atoms with van der Waals surface area (Å²) in [7, 11) is -9.53. The quantitative estimate of drug-likeness (QED) is 0.328. The monoisotopic (exact) mass is 436 g/mol. The van der Waals surface area contributed by atoms with Gasteiger partial charge in [0.15, 0.2) is 0 Å². The number of hydrogen-bond acceptors (Lipinski definition) is 5. The second-order valence-electron chi connectivity index (χ2n) is 5.49. The molecule has 2 aromatic rings. The molecule has 0 bridgehead atoms. The van der Waals surface area contributed by atoms with Crippen molar-refractivity contribution in [2.24, 2.45) is 0 Å². The molecule has 1 aromatic carbocycles. The smallest absolute Gasteiger partial charge is 0.295 e. The molecule has 13 heteroatoms. The number of unbranched alkanes of at least 4 members (excludes halogenated alkanes) is 2. The van der Waals surface area contributed by atoms with Crippen molar-refractivity contribution in [1.29, 1.82) is 0 Å². The maximum Gasteiger partial charge on any atom is 0.296 e. The normalized spacial score (nSPS) is 11.5. The molecular formula is C14H18N2Na2O7S2. The average Bonchev–Trinajstić information content (AvgIpc) is 2.86. The van der Waals surface area contributed by atoms with E-state index in [1.54, 1.807) is 0 Å². The minimum Gasteiger partial charge on any atom is -0.295 e. The van der Waals surface area contributed by atoms with Crippen molar-refractivity contribution in [1.82, 2.24) is 9.78 Å². The van der Waals surface area contributed by atoms with Crippen LogP contribution in [0.4, 0.5) is 0 Å². The van der Waals surface area contributed by atoms with Crippen molar-refractivity contribution in [3.05, 3.63) is 40.3 Å². The van der Waals surface area contributed by atoms with Gasteiger partial charge in [-0.25, -0.2) is 4.68 Å². The van der Waals surface area contributed by atoms with Gasteiger partial charge >= 0.3 is 0 Å². The van der Waals surface area contributed by atoms with Gasteiger partial charge in [-0.05, 0) is 31.0 Å². The van der Waals surface area contributed by atoms with Gasteiger partial charge in [0.2, 0.25) is 0 Å². The van der Waals surface area contributed by atoms with Crippen LogP contribution in [0.25, 0.3) is 5.69 Å². The zero-order valence-corrected chi connectivity index (χ0v) is 21.0. The van der Waals surface area contributed by atoms with Crippen molar-refractivity contribution in [3.8, 4) is 5.69 Å². The third kappa shape index (κ3) is 7.11. The summed E-state index contributed by atoms with van der Waals surface area (Å²) in [5.74, 6) is 0. The van der Waals surface area contributed by atoms with Crippen LogP contribution in [-0.4, -0.2) is 94.8 Å². The van der Waals surface area contributed by atoms with Crippen LogP contribution < -0.4 is 5.56 Å². The number of aromatic nitrogens is 2. The number of benzene rings is 1. The Labute approximate surface area is 201 Å². The van der Waals surface area contributed by atoms with Crippen molar-refractivity contribution in [2.45, 2.75) is 42.4 Å². The summed E-state index contributed by atoms with van der Waals surface area (Å²) in [6.07, 6.45) is 3.38. The molecule has 140 valence electrons. The van der Waals surface area contributed by atoms with E-state index in [2.05, 4.69) is 5.10 Å². The Bertz CT molecular complexity index is 1040. The van der Waals surface area contributed by atoms with Crippen LogP contribution in [0, 0.1) is 0 Å². The minimum atomic E-state index is -4.85. The van der Waals surface area contributed by atoms with Gasteiger partial charge in [-0.1, -0.05) is 19.8 Å². The average molecular weight is 436 g/mol. The van der Waals surface area contributed by atoms with Crippen LogP contribution in [0.2, 0.25) is 0 Å². The van der Waals surface area contributed by atoms with Crippen molar-refractivity contribution in [3.63, 3.8) is 0 Å². The Morgan fingerprint density at radius 2 is 1.63 bits per heavy atom. The Morgan fingerprint density at radius 3 is 2.15 bits per heavy atom. The fourth-order valence-electron chi connectivity index (χ4n) is 2.36. The maximum absolute atomic E-state index is 12.1. The molecule has 2 radical (unpaired) electrons. The molecule has 27 heavy (non-hydrogen) atoms. The molecule has 3 N–H and O–H groups in total. The first kappa shape index (κ1) is 27.0. The molecule has 1 aromatic heterocycles. The van der Waals surface area contributed by atoms with Crippen LogP contribution in [0.3, 0.4) is 0 Å². The fourth-order valence-corrected chi connectivity index (χ4v) is 3.64. The number of aromatic amines is 1. The van der Waals surface area contributed by atoms with E-state index >= 15 is 0 Å². The number of rotatable bonds is 7. The van der Waals surface area contributed by atoms with E-state index in [0.29, 0.717) is 18.2 Å². The van der Waals surface area contributed by atoms with E-state index in [4.69, 9.17) is 4.55 Å². The molecule has 0 unspecified atom stereocenters. The minimum absolute atomic E-state index is 0. The Kier molecular flexibility index (Phi) is 10.7. The third-order valence-corrected chi connectivity index (χ3v) is 5.30. The summed E-state index contributed by atoms with van der Waals surface area (Å²) in [4.78, 5) is 10.6. The topological polar surface area (TPSA) is 147 Å². The molecule has 0 amide bonds. The van der Waals surface area contributed by atoms with Crippen molar-refractivity contribution in [2.75, 3.05) is 0 Å². The van der Waals surface area contributed by atoms with Gasteiger partial charge in [0, 0.05) is 70.9 Å². The largest absolute Gasteiger partial charge is 0.296 e. The van der Waals surface area contributed by atoms with Gasteiger partial charge in [0.05, 0.1) is 10.6 Å². The van der Waals surface area contributed by atoms with E-state index in [0.717, 1.165) is 36.1 Å². The second-order valence-corrected chi connectivity index (χ2v) is 8.30. The van der Waals surface area contributed by atoms with Gasteiger partial charge in [-0.3, -0.25) is 19.0 Å². The molecule has 0 spiro atoms. The van der Waals surface area contributed by atoms with Crippen LogP contribution in [0.5, 0.6) is 0 Å². The van der Waals surface area contributed by atoms with Crippen molar-refractivity contribution < 1.29 is 25.9 Å². The summed E-state index contributed by atoms with van der Waals surface area (Å²) >= 11 is 0. The van der Waals surface area contributed by atoms with Gasteiger partial charge in [-0.2, -0.15) is 16.8 Å². The number of nitrogens with zero attached hydrogens (tertiary/aromatic N) is 1. The molecule has 0 fully saturated rings. The van der Waals surface area contributed by atoms with E-state index < -0.39 is 35.6 Å². The Hall–Kier alpha value is 0.0500. The first-order chi connectivity index (χ1) is 11.5. The number of nitrogens with one attached hydrogen (secondary N) is 1. The number of hydrogen-bond donors (Lipinski definition) is 3. The number of aryl methyl sites for hydroxylation is 1. The first-order valence-electron chi connectivity index (χ1n) is 7.44. The molecule has 0 aliphatic heterocycles. The van der Waals surface area contributed by atoms with Gasteiger partial charge in [0.1, 0.15) is 4.90 Å². The van der Waals surface area contributed by atoms with Gasteiger partial charge in [-0.15, -0.1) is 0 Å². The molecule has 2 rings (SSSR count). The fraction of sp³-hybridized carbons (Fsp3) is 0.357. The molecule has 0 saturated carbocycles. The molecule has 0 saturated heterocycles. The zero-order chi connectivity index (χ0) is 18.8. The van der Waals surface area contributed by atoms with Crippen LogP contribution in [0.1, 0.15) is 31.9 Å². The van der Waals surface area contributed by atoms with E-state index in [1.807, 2.05) is 6.92 Å². The Balaban J connectivity index is 0.00000338. The summed E-state index contributed by atoms with van der Waals surface area (Å²) in [5.41, 5.74) is -0.226. The maximum atomic E-state index is 12.1. The second kappa shape index (κ2) is 10.7. The molecule has 0 aliphatic rings. The van der Waals surface area contributed by atoms with Crippen LogP contribution >= 0.6 is 0 Å². The SMILES string of the molecule is CCCCCc1cc(=O)n(-c2ccc(S(=O)(=O)O)cc2S(=O)(=O)O)[nH]1.[Na].[Na]. The summed E-state index contributed by atoms with van der Waals surface area (Å²) < 4.78 is 64.8. The van der Waals surface area contributed by atoms with Gasteiger partial charge in [0.25, 0.3) is 25.8 Å². The number of H-pyrrole nitrogens is 1. The van der Waals surface area contributed by atoms with E-state index in [1.165, 1.54) is 6.07 Å². The summed E-state index contributed by atoms with van der Waals surface area (Å²) in [5, 5.41) is 2.74. The van der Waals surface area contributed by atoms with E-state index in [-0.39, 0.29) is 64.8 Å². The van der Waals surface area contributed by atoms with Crippen LogP contribution in [0.15, 0.2) is 38.9 Å². The molecule has 0 atom stereocenters. The predicted octanol–water partition coefficient (Wildman–Crippen LogP) is 0.630. The summed E-state index contributed by atoms with van der Waals surface area (Å²) in [6.45, 7) is 2.03. The molecule has 1 heterocycles. The van der Waals surface area contributed by atoms with Crippen molar-refractivity contribution >= 4 is 79.4 Å². The van der Waals surface area contributed by atoms with Gasteiger partial charge < -0.3 is 0 Å². The van der Waals surface area contributed by atoms with Crippen LogP contribution in [-0.2, 0) is 26.7 Å². The summed E-state index contributed by atoms with van der Waals surface area (Å²) in [6, 6.07) is 3.84. The zero-order valence-electron chi connectivity index (χ0n) is 15.3. The van der Waals surface area contributed by atoms with E-state index in [9.17, 15) is 26.2 Å². The molecular weight excluding hydrogens is 418 g/mol. The third-order valence-electron chi connectivity index (χ3n) is 3.57.